The molecule has 0 radical (unpaired) electrons. The predicted molar refractivity (Wildman–Crippen MR) is 70.3 cm³/mol. The number of ether oxygens (including phenoxy) is 1. The quantitative estimate of drug-likeness (QED) is 0.470. The summed E-state index contributed by atoms with van der Waals surface area (Å²) in [6.07, 6.45) is 1.88. The molecule has 4 nitrogen and oxygen atoms in total. The topological polar surface area (TPSA) is 67.5 Å². The molecule has 0 aliphatic heterocycles. The SMILES string of the molecule is CCCOc1ccc(CCNCCO)cc1N. The first-order valence-corrected chi connectivity index (χ1v) is 6.10. The molecule has 0 atom stereocenters. The van der Waals surface area contributed by atoms with Gasteiger partial charge in [-0.1, -0.05) is 13.0 Å². The number of nitrogen functional groups attached to an aromatic ring is 1. The van der Waals surface area contributed by atoms with E-state index in [0.29, 0.717) is 18.8 Å². The fraction of sp³-hybridized carbons (Fsp3) is 0.538. The fourth-order valence-corrected chi connectivity index (χ4v) is 1.53. The van der Waals surface area contributed by atoms with E-state index in [9.17, 15) is 0 Å². The highest BCUT2D eigenvalue weighted by Gasteiger charge is 2.01. The van der Waals surface area contributed by atoms with E-state index >= 15 is 0 Å². The van der Waals surface area contributed by atoms with Crippen LogP contribution < -0.4 is 15.8 Å². The average Bonchev–Trinajstić information content (AvgIpc) is 2.34. The molecule has 0 spiro atoms. The molecule has 1 rings (SSSR count). The lowest BCUT2D eigenvalue weighted by Gasteiger charge is -2.10. The molecular weight excluding hydrogens is 216 g/mol. The number of aliphatic hydroxyl groups excluding tert-OH is 1. The zero-order valence-electron chi connectivity index (χ0n) is 10.4. The minimum Gasteiger partial charge on any atom is -0.491 e. The first kappa shape index (κ1) is 13.8. The minimum absolute atomic E-state index is 0.173. The highest BCUT2D eigenvalue weighted by Crippen LogP contribution is 2.22. The number of nitrogens with one attached hydrogen (secondary N) is 1. The largest absolute Gasteiger partial charge is 0.491 e. The molecule has 0 saturated carbocycles. The fourth-order valence-electron chi connectivity index (χ4n) is 1.53. The van der Waals surface area contributed by atoms with Crippen molar-refractivity contribution in [2.24, 2.45) is 0 Å². The Kier molecular flexibility index (Phi) is 6.43. The van der Waals surface area contributed by atoms with Crippen molar-refractivity contribution in [3.8, 4) is 5.75 Å². The smallest absolute Gasteiger partial charge is 0.142 e. The van der Waals surface area contributed by atoms with Gasteiger partial charge in [-0.05, 0) is 37.1 Å². The van der Waals surface area contributed by atoms with Gasteiger partial charge in [-0.2, -0.15) is 0 Å². The van der Waals surface area contributed by atoms with E-state index in [1.54, 1.807) is 0 Å². The lowest BCUT2D eigenvalue weighted by atomic mass is 10.1. The van der Waals surface area contributed by atoms with Crippen LogP contribution in [0.1, 0.15) is 18.9 Å². The summed E-state index contributed by atoms with van der Waals surface area (Å²) in [4.78, 5) is 0. The van der Waals surface area contributed by atoms with Gasteiger partial charge in [-0.3, -0.25) is 0 Å². The molecule has 0 bridgehead atoms. The van der Waals surface area contributed by atoms with Gasteiger partial charge in [-0.15, -0.1) is 0 Å². The molecule has 0 heterocycles. The molecular formula is C13H22N2O2. The van der Waals surface area contributed by atoms with Crippen LogP contribution >= 0.6 is 0 Å². The Bertz CT molecular complexity index is 329. The van der Waals surface area contributed by atoms with Crippen molar-refractivity contribution < 1.29 is 9.84 Å². The maximum Gasteiger partial charge on any atom is 0.142 e. The zero-order chi connectivity index (χ0) is 12.5. The number of hydrogen-bond acceptors (Lipinski definition) is 4. The van der Waals surface area contributed by atoms with E-state index in [2.05, 4.69) is 12.2 Å². The molecule has 0 aliphatic carbocycles. The average molecular weight is 238 g/mol. The van der Waals surface area contributed by atoms with Gasteiger partial charge in [0.25, 0.3) is 0 Å². The van der Waals surface area contributed by atoms with E-state index in [1.807, 2.05) is 18.2 Å². The van der Waals surface area contributed by atoms with Crippen molar-refractivity contribution >= 4 is 5.69 Å². The molecule has 4 heteroatoms. The van der Waals surface area contributed by atoms with Crippen LogP contribution in [0.5, 0.6) is 5.75 Å². The molecule has 0 aliphatic rings. The van der Waals surface area contributed by atoms with Crippen LogP contribution in [-0.4, -0.2) is 31.4 Å². The zero-order valence-corrected chi connectivity index (χ0v) is 10.4. The lowest BCUT2D eigenvalue weighted by molar-refractivity contribution is 0.293. The Morgan fingerprint density at radius 3 is 2.82 bits per heavy atom. The Hall–Kier alpha value is -1.26. The summed E-state index contributed by atoms with van der Waals surface area (Å²) in [7, 11) is 0. The molecule has 0 amide bonds. The Morgan fingerprint density at radius 2 is 2.18 bits per heavy atom. The van der Waals surface area contributed by atoms with Crippen molar-refractivity contribution in [2.75, 3.05) is 32.0 Å². The van der Waals surface area contributed by atoms with E-state index in [1.165, 1.54) is 5.56 Å². The van der Waals surface area contributed by atoms with Crippen molar-refractivity contribution in [2.45, 2.75) is 19.8 Å². The summed E-state index contributed by atoms with van der Waals surface area (Å²) in [5.41, 5.74) is 7.78. The highest BCUT2D eigenvalue weighted by atomic mass is 16.5. The molecule has 96 valence electrons. The van der Waals surface area contributed by atoms with Crippen LogP contribution in [0.15, 0.2) is 18.2 Å². The predicted octanol–water partition coefficient (Wildman–Crippen LogP) is 1.18. The summed E-state index contributed by atoms with van der Waals surface area (Å²) >= 11 is 0. The number of aliphatic hydroxyl groups is 1. The second-order valence-electron chi connectivity index (χ2n) is 3.94. The van der Waals surface area contributed by atoms with E-state index in [0.717, 1.165) is 25.1 Å². The molecule has 1 aromatic rings. The van der Waals surface area contributed by atoms with Crippen molar-refractivity contribution in [1.82, 2.24) is 5.32 Å². The first-order chi connectivity index (χ1) is 8.27. The number of hydrogen-bond donors (Lipinski definition) is 3. The molecule has 1 aromatic carbocycles. The summed E-state index contributed by atoms with van der Waals surface area (Å²) in [6.45, 7) is 4.41. The van der Waals surface area contributed by atoms with Crippen LogP contribution in [0.25, 0.3) is 0 Å². The van der Waals surface area contributed by atoms with Gasteiger partial charge in [-0.25, -0.2) is 0 Å². The van der Waals surface area contributed by atoms with Gasteiger partial charge in [0, 0.05) is 6.54 Å². The van der Waals surface area contributed by atoms with Crippen LogP contribution in [0.3, 0.4) is 0 Å². The molecule has 0 saturated heterocycles. The second-order valence-corrected chi connectivity index (χ2v) is 3.94. The highest BCUT2D eigenvalue weighted by molar-refractivity contribution is 5.54. The van der Waals surface area contributed by atoms with Crippen LogP contribution in [0, 0.1) is 0 Å². The molecule has 0 unspecified atom stereocenters. The van der Waals surface area contributed by atoms with Gasteiger partial charge < -0.3 is 20.9 Å². The normalized spacial score (nSPS) is 10.5. The third kappa shape index (κ3) is 5.06. The van der Waals surface area contributed by atoms with Gasteiger partial charge in [0.2, 0.25) is 0 Å². The van der Waals surface area contributed by atoms with Crippen molar-refractivity contribution in [1.29, 1.82) is 0 Å². The van der Waals surface area contributed by atoms with Gasteiger partial charge in [0.05, 0.1) is 18.9 Å². The second kappa shape index (κ2) is 7.92. The number of anilines is 1. The standard InChI is InChI=1S/C13H22N2O2/c1-2-9-17-13-4-3-11(10-12(13)14)5-6-15-7-8-16/h3-4,10,15-16H,2,5-9,14H2,1H3. The van der Waals surface area contributed by atoms with Gasteiger partial charge in [0.1, 0.15) is 5.75 Å². The van der Waals surface area contributed by atoms with E-state index in [4.69, 9.17) is 15.6 Å². The van der Waals surface area contributed by atoms with Crippen molar-refractivity contribution in [3.63, 3.8) is 0 Å². The lowest BCUT2D eigenvalue weighted by Crippen LogP contribution is -2.20. The number of nitrogens with two attached hydrogens (primary N) is 1. The minimum atomic E-state index is 0.173. The van der Waals surface area contributed by atoms with E-state index < -0.39 is 0 Å². The number of benzene rings is 1. The van der Waals surface area contributed by atoms with Crippen LogP contribution in [0.2, 0.25) is 0 Å². The third-order valence-electron chi connectivity index (χ3n) is 2.41. The molecule has 0 aromatic heterocycles. The summed E-state index contributed by atoms with van der Waals surface area (Å²) in [6, 6.07) is 5.90. The van der Waals surface area contributed by atoms with Crippen LogP contribution in [-0.2, 0) is 6.42 Å². The first-order valence-electron chi connectivity index (χ1n) is 6.10. The maximum absolute atomic E-state index is 8.63. The summed E-state index contributed by atoms with van der Waals surface area (Å²) < 4.78 is 5.51. The molecule has 4 N–H and O–H groups in total. The van der Waals surface area contributed by atoms with Crippen molar-refractivity contribution in [3.05, 3.63) is 23.8 Å². The molecule has 17 heavy (non-hydrogen) atoms. The summed E-state index contributed by atoms with van der Waals surface area (Å²) in [5.74, 6) is 0.763. The molecule has 0 fully saturated rings. The monoisotopic (exact) mass is 238 g/mol. The Morgan fingerprint density at radius 1 is 1.35 bits per heavy atom. The van der Waals surface area contributed by atoms with E-state index in [-0.39, 0.29) is 6.61 Å². The number of rotatable bonds is 8. The maximum atomic E-state index is 8.63. The van der Waals surface area contributed by atoms with Gasteiger partial charge >= 0.3 is 0 Å². The Labute approximate surface area is 103 Å². The Balaban J connectivity index is 2.44. The summed E-state index contributed by atoms with van der Waals surface area (Å²) in [5, 5.41) is 11.8. The van der Waals surface area contributed by atoms with Crippen LogP contribution in [0.4, 0.5) is 5.69 Å². The third-order valence-corrected chi connectivity index (χ3v) is 2.41. The van der Waals surface area contributed by atoms with Gasteiger partial charge in [0.15, 0.2) is 0 Å².